The highest BCUT2D eigenvalue weighted by Gasteiger charge is 2.32. The van der Waals surface area contributed by atoms with Crippen LogP contribution in [0.4, 0.5) is 0 Å². The van der Waals surface area contributed by atoms with Crippen LogP contribution < -0.4 is 5.32 Å². The fourth-order valence-corrected chi connectivity index (χ4v) is 2.53. The van der Waals surface area contributed by atoms with Crippen molar-refractivity contribution >= 4 is 27.6 Å². The van der Waals surface area contributed by atoms with Crippen LogP contribution in [0.25, 0.3) is 0 Å². The zero-order valence-corrected chi connectivity index (χ0v) is 12.1. The second-order valence-corrected chi connectivity index (χ2v) is 5.87. The molecular weight excluding hydrogens is 310 g/mol. The lowest BCUT2D eigenvalue weighted by molar-refractivity contribution is -0.118. The minimum atomic E-state index is -0.838. The number of nitrogens with one attached hydrogen (secondary N) is 1. The number of halogens is 1. The second kappa shape index (κ2) is 5.84. The molecule has 1 aliphatic rings. The van der Waals surface area contributed by atoms with Crippen LogP contribution in [0, 0.1) is 0 Å². The minimum absolute atomic E-state index is 0.147. The maximum atomic E-state index is 11.9. The molecule has 102 valence electrons. The Kier molecular flexibility index (Phi) is 4.37. The molecule has 1 aliphatic carbocycles. The van der Waals surface area contributed by atoms with Gasteiger partial charge in [-0.3, -0.25) is 9.59 Å². The summed E-state index contributed by atoms with van der Waals surface area (Å²) in [5.74, 6) is -1.24. The molecule has 0 spiro atoms. The van der Waals surface area contributed by atoms with E-state index in [4.69, 9.17) is 0 Å². The van der Waals surface area contributed by atoms with Crippen molar-refractivity contribution in [1.29, 1.82) is 0 Å². The number of amides is 1. The second-order valence-electron chi connectivity index (χ2n) is 4.95. The fourth-order valence-electron chi connectivity index (χ4n) is 2.27. The standard InChI is InChI=1S/C14H16BrNO3/c15-11-5-3-10(4-6-11)12(17)13(18)16-9-14(19)7-1-2-8-14/h3-6,19H,1-2,7-9H2,(H,16,18). The predicted molar refractivity (Wildman–Crippen MR) is 74.9 cm³/mol. The van der Waals surface area contributed by atoms with E-state index in [9.17, 15) is 14.7 Å². The molecule has 0 saturated heterocycles. The molecule has 2 rings (SSSR count). The first-order valence-electron chi connectivity index (χ1n) is 6.31. The fraction of sp³-hybridized carbons (Fsp3) is 0.429. The van der Waals surface area contributed by atoms with Gasteiger partial charge < -0.3 is 10.4 Å². The average molecular weight is 326 g/mol. The number of carbonyl (C=O) groups is 2. The van der Waals surface area contributed by atoms with E-state index in [1.165, 1.54) is 0 Å². The van der Waals surface area contributed by atoms with Gasteiger partial charge in [0, 0.05) is 16.6 Å². The summed E-state index contributed by atoms with van der Waals surface area (Å²) in [7, 11) is 0. The van der Waals surface area contributed by atoms with Crippen molar-refractivity contribution in [2.24, 2.45) is 0 Å². The van der Waals surface area contributed by atoms with Crippen LogP contribution in [0.15, 0.2) is 28.7 Å². The molecule has 0 atom stereocenters. The monoisotopic (exact) mass is 325 g/mol. The van der Waals surface area contributed by atoms with E-state index in [-0.39, 0.29) is 6.54 Å². The molecule has 1 saturated carbocycles. The van der Waals surface area contributed by atoms with Gasteiger partial charge in [0.2, 0.25) is 5.78 Å². The molecule has 0 aromatic heterocycles. The summed E-state index contributed by atoms with van der Waals surface area (Å²) < 4.78 is 0.852. The third-order valence-electron chi connectivity index (χ3n) is 3.42. The van der Waals surface area contributed by atoms with Gasteiger partial charge in [0.05, 0.1) is 5.60 Å². The Bertz CT molecular complexity index is 478. The molecule has 4 nitrogen and oxygen atoms in total. The summed E-state index contributed by atoms with van der Waals surface area (Å²) in [4.78, 5) is 23.6. The summed E-state index contributed by atoms with van der Waals surface area (Å²) >= 11 is 3.27. The lowest BCUT2D eigenvalue weighted by atomic mass is 10.0. The molecule has 1 amide bonds. The van der Waals surface area contributed by atoms with Gasteiger partial charge in [0.25, 0.3) is 5.91 Å². The first kappa shape index (κ1) is 14.2. The summed E-state index contributed by atoms with van der Waals surface area (Å²) in [5.41, 5.74) is -0.491. The highest BCUT2D eigenvalue weighted by atomic mass is 79.9. The SMILES string of the molecule is O=C(NCC1(O)CCCC1)C(=O)c1ccc(Br)cc1. The maximum Gasteiger partial charge on any atom is 0.292 e. The van der Waals surface area contributed by atoms with Crippen LogP contribution in [0.2, 0.25) is 0 Å². The summed E-state index contributed by atoms with van der Waals surface area (Å²) in [6, 6.07) is 6.61. The van der Waals surface area contributed by atoms with Crippen LogP contribution in [0.5, 0.6) is 0 Å². The Morgan fingerprint density at radius 2 is 1.79 bits per heavy atom. The predicted octanol–water partition coefficient (Wildman–Crippen LogP) is 2.05. The molecule has 1 aromatic carbocycles. The van der Waals surface area contributed by atoms with Gasteiger partial charge in [-0.25, -0.2) is 0 Å². The third kappa shape index (κ3) is 3.64. The van der Waals surface area contributed by atoms with Gasteiger partial charge in [-0.15, -0.1) is 0 Å². The normalized spacial score (nSPS) is 17.2. The number of aliphatic hydroxyl groups is 1. The zero-order valence-electron chi connectivity index (χ0n) is 10.5. The Hall–Kier alpha value is -1.20. The van der Waals surface area contributed by atoms with Gasteiger partial charge in [-0.1, -0.05) is 28.8 Å². The molecule has 0 aliphatic heterocycles. The van der Waals surface area contributed by atoms with Crippen molar-refractivity contribution in [2.75, 3.05) is 6.54 Å². The zero-order chi connectivity index (χ0) is 13.9. The van der Waals surface area contributed by atoms with Crippen molar-refractivity contribution in [3.05, 3.63) is 34.3 Å². The quantitative estimate of drug-likeness (QED) is 0.657. The number of ketones is 1. The number of hydrogen-bond donors (Lipinski definition) is 2. The molecular formula is C14H16BrNO3. The Morgan fingerprint density at radius 3 is 2.37 bits per heavy atom. The van der Waals surface area contributed by atoms with Gasteiger partial charge in [0.15, 0.2) is 0 Å². The highest BCUT2D eigenvalue weighted by Crippen LogP contribution is 2.28. The Morgan fingerprint density at radius 1 is 1.21 bits per heavy atom. The van der Waals surface area contributed by atoms with Crippen molar-refractivity contribution < 1.29 is 14.7 Å². The van der Waals surface area contributed by atoms with Crippen LogP contribution in [-0.4, -0.2) is 28.9 Å². The molecule has 0 radical (unpaired) electrons. The van der Waals surface area contributed by atoms with Gasteiger partial charge in [0.1, 0.15) is 0 Å². The van der Waals surface area contributed by atoms with Crippen LogP contribution in [-0.2, 0) is 4.79 Å². The van der Waals surface area contributed by atoms with E-state index in [0.29, 0.717) is 18.4 Å². The minimum Gasteiger partial charge on any atom is -0.388 e. The number of carbonyl (C=O) groups excluding carboxylic acids is 2. The van der Waals surface area contributed by atoms with E-state index >= 15 is 0 Å². The third-order valence-corrected chi connectivity index (χ3v) is 3.95. The lowest BCUT2D eigenvalue weighted by Crippen LogP contribution is -2.43. The molecule has 19 heavy (non-hydrogen) atoms. The van der Waals surface area contributed by atoms with E-state index in [0.717, 1.165) is 17.3 Å². The first-order valence-corrected chi connectivity index (χ1v) is 7.10. The van der Waals surface area contributed by atoms with Crippen LogP contribution >= 0.6 is 15.9 Å². The van der Waals surface area contributed by atoms with E-state index in [1.807, 2.05) is 0 Å². The molecule has 1 aromatic rings. The van der Waals surface area contributed by atoms with Gasteiger partial charge >= 0.3 is 0 Å². The van der Waals surface area contributed by atoms with E-state index in [1.54, 1.807) is 24.3 Å². The Balaban J connectivity index is 1.92. The Labute approximate surface area is 120 Å². The van der Waals surface area contributed by atoms with Gasteiger partial charge in [-0.05, 0) is 37.1 Å². The molecule has 0 heterocycles. The van der Waals surface area contributed by atoms with E-state index in [2.05, 4.69) is 21.2 Å². The van der Waals surface area contributed by atoms with Crippen LogP contribution in [0.1, 0.15) is 36.0 Å². The highest BCUT2D eigenvalue weighted by molar-refractivity contribution is 9.10. The van der Waals surface area contributed by atoms with Crippen molar-refractivity contribution in [3.63, 3.8) is 0 Å². The lowest BCUT2D eigenvalue weighted by Gasteiger charge is -2.21. The van der Waals surface area contributed by atoms with Crippen molar-refractivity contribution in [1.82, 2.24) is 5.32 Å². The van der Waals surface area contributed by atoms with Crippen molar-refractivity contribution in [3.8, 4) is 0 Å². The summed E-state index contributed by atoms with van der Waals surface area (Å²) in [6.07, 6.45) is 3.29. The smallest absolute Gasteiger partial charge is 0.292 e. The molecule has 1 fully saturated rings. The first-order chi connectivity index (χ1) is 9.00. The maximum absolute atomic E-state index is 11.9. The van der Waals surface area contributed by atoms with Crippen molar-refractivity contribution in [2.45, 2.75) is 31.3 Å². The molecule has 5 heteroatoms. The molecule has 0 bridgehead atoms. The molecule has 2 N–H and O–H groups in total. The number of hydrogen-bond acceptors (Lipinski definition) is 3. The van der Waals surface area contributed by atoms with Gasteiger partial charge in [-0.2, -0.15) is 0 Å². The van der Waals surface area contributed by atoms with E-state index < -0.39 is 17.3 Å². The number of benzene rings is 1. The topological polar surface area (TPSA) is 66.4 Å². The van der Waals surface area contributed by atoms with Crippen LogP contribution in [0.3, 0.4) is 0 Å². The average Bonchev–Trinajstić information content (AvgIpc) is 2.83. The molecule has 0 unspecified atom stereocenters. The largest absolute Gasteiger partial charge is 0.388 e. The number of rotatable bonds is 4. The number of Topliss-reactive ketones (excluding diaryl/α,β-unsaturated/α-hetero) is 1. The summed E-state index contributed by atoms with van der Waals surface area (Å²) in [5, 5.41) is 12.6. The summed E-state index contributed by atoms with van der Waals surface area (Å²) in [6.45, 7) is 0.147.